The minimum atomic E-state index is -0.949. The number of H-pyrrole nitrogens is 2. The highest BCUT2D eigenvalue weighted by Gasteiger charge is 2.20. The second-order valence-corrected chi connectivity index (χ2v) is 8.17. The zero-order chi connectivity index (χ0) is 25.2. The number of aromatic nitrogens is 2. The van der Waals surface area contributed by atoms with Gasteiger partial charge in [0.1, 0.15) is 0 Å². The van der Waals surface area contributed by atoms with Crippen LogP contribution >= 0.6 is 0 Å². The summed E-state index contributed by atoms with van der Waals surface area (Å²) in [6.07, 6.45) is 5.25. The molecule has 1 aliphatic heterocycles. The first-order valence-corrected chi connectivity index (χ1v) is 10.7. The van der Waals surface area contributed by atoms with Crippen molar-refractivity contribution in [1.82, 2.24) is 9.97 Å². The van der Waals surface area contributed by atoms with Crippen LogP contribution in [0.2, 0.25) is 0 Å². The number of hydrogen-bond acceptors (Lipinski definition) is 4. The van der Waals surface area contributed by atoms with Gasteiger partial charge in [-0.3, -0.25) is 14.4 Å². The molecule has 0 aromatic carbocycles. The number of nitrogens with zero attached hydrogens (tertiary/aromatic N) is 1. The fraction of sp³-hybridized carbons (Fsp3) is 0.280. The van der Waals surface area contributed by atoms with Gasteiger partial charge in [-0.05, 0) is 68.0 Å². The zero-order valence-electron chi connectivity index (χ0n) is 19.3. The first kappa shape index (κ1) is 24.5. The number of carbonyl (C=O) groups excluding carboxylic acids is 1. The maximum Gasteiger partial charge on any atom is 0.303 e. The van der Waals surface area contributed by atoms with E-state index in [0.29, 0.717) is 44.4 Å². The first-order chi connectivity index (χ1) is 16.0. The molecule has 0 unspecified atom stereocenters. The van der Waals surface area contributed by atoms with Gasteiger partial charge in [0.05, 0.1) is 5.71 Å². The number of aromatic hydroxyl groups is 1. The number of aliphatic carboxylic acids is 2. The van der Waals surface area contributed by atoms with Gasteiger partial charge in [0.2, 0.25) is 0 Å². The molecule has 9 heteroatoms. The van der Waals surface area contributed by atoms with Crippen molar-refractivity contribution < 1.29 is 29.7 Å². The van der Waals surface area contributed by atoms with Crippen LogP contribution in [0.15, 0.2) is 28.8 Å². The Kier molecular flexibility index (Phi) is 7.05. The van der Waals surface area contributed by atoms with E-state index in [4.69, 9.17) is 5.11 Å². The standard InChI is InChI=1S/C25H27N3O6/c1-5-15-12(2)19(27-25(15)34)10-18-13(3)16(6-8-22(29)30)20(26-18)11-21-17(7-9-23(31)32)14(4)24(33)28-21/h5,10-11,26,28,33H,1,6-9H2,2-4H3,(H,29,30)(H,31,32). The third kappa shape index (κ3) is 4.93. The van der Waals surface area contributed by atoms with Gasteiger partial charge in [-0.25, -0.2) is 4.99 Å². The van der Waals surface area contributed by atoms with E-state index in [1.165, 1.54) is 6.08 Å². The van der Waals surface area contributed by atoms with Crippen LogP contribution < -0.4 is 10.7 Å². The van der Waals surface area contributed by atoms with Crippen LogP contribution in [-0.2, 0) is 27.2 Å². The predicted octanol–water partition coefficient (Wildman–Crippen LogP) is 1.79. The zero-order valence-corrected chi connectivity index (χ0v) is 19.3. The molecule has 34 heavy (non-hydrogen) atoms. The van der Waals surface area contributed by atoms with Gasteiger partial charge in [-0.2, -0.15) is 0 Å². The Hall–Kier alpha value is -4.14. The van der Waals surface area contributed by atoms with Crippen molar-refractivity contribution in [1.29, 1.82) is 0 Å². The topological polar surface area (TPSA) is 156 Å². The molecular weight excluding hydrogens is 438 g/mol. The number of hydrogen-bond donors (Lipinski definition) is 5. The number of aliphatic imine (C=N–C) groups is 1. The average Bonchev–Trinajstić information content (AvgIpc) is 3.30. The summed E-state index contributed by atoms with van der Waals surface area (Å²) in [6, 6.07) is 0. The van der Waals surface area contributed by atoms with E-state index in [1.807, 2.05) is 6.92 Å². The molecule has 0 atom stereocenters. The third-order valence-electron chi connectivity index (χ3n) is 6.03. The van der Waals surface area contributed by atoms with E-state index in [9.17, 15) is 24.6 Å². The summed E-state index contributed by atoms with van der Waals surface area (Å²) in [5, 5.41) is 29.8. The second-order valence-electron chi connectivity index (χ2n) is 8.17. The molecule has 1 aliphatic rings. The van der Waals surface area contributed by atoms with Crippen LogP contribution in [0.5, 0.6) is 5.88 Å². The number of allylic oxidation sites excluding steroid dienone is 1. The molecule has 5 N–H and O–H groups in total. The lowest BCUT2D eigenvalue weighted by atomic mass is 10.0. The SMILES string of the molecule is C=CC1=C(C)C(C=c2[nH]c(=Cc3[nH]c(O)c(C)c3CCC(=O)O)c(CCC(=O)O)c2C)=NC1=O. The number of aromatic amines is 2. The highest BCUT2D eigenvalue weighted by atomic mass is 16.4. The Morgan fingerprint density at radius 3 is 2.12 bits per heavy atom. The maximum atomic E-state index is 12.1. The summed E-state index contributed by atoms with van der Waals surface area (Å²) in [6.45, 7) is 8.99. The van der Waals surface area contributed by atoms with Gasteiger partial charge in [-0.1, -0.05) is 12.7 Å². The summed E-state index contributed by atoms with van der Waals surface area (Å²) < 4.78 is 0. The van der Waals surface area contributed by atoms with E-state index in [-0.39, 0.29) is 37.5 Å². The Balaban J connectivity index is 2.19. The number of carboxylic acid groups (broad SMARTS) is 2. The van der Waals surface area contributed by atoms with Gasteiger partial charge < -0.3 is 25.3 Å². The molecule has 2 aromatic heterocycles. The Morgan fingerprint density at radius 2 is 1.56 bits per heavy atom. The molecule has 0 aliphatic carbocycles. The lowest BCUT2D eigenvalue weighted by molar-refractivity contribution is -0.138. The lowest BCUT2D eigenvalue weighted by Crippen LogP contribution is -2.14. The van der Waals surface area contributed by atoms with Crippen molar-refractivity contribution >= 4 is 35.7 Å². The monoisotopic (exact) mass is 465 g/mol. The highest BCUT2D eigenvalue weighted by molar-refractivity contribution is 6.31. The first-order valence-electron chi connectivity index (χ1n) is 10.7. The molecule has 178 valence electrons. The summed E-state index contributed by atoms with van der Waals surface area (Å²) in [7, 11) is 0. The smallest absolute Gasteiger partial charge is 0.303 e. The molecule has 0 saturated carbocycles. The number of amides is 1. The number of rotatable bonds is 9. The van der Waals surface area contributed by atoms with Crippen molar-refractivity contribution in [3.05, 3.63) is 62.4 Å². The normalized spacial score (nSPS) is 14.8. The minimum Gasteiger partial charge on any atom is -0.494 e. The van der Waals surface area contributed by atoms with Crippen LogP contribution in [0.4, 0.5) is 0 Å². The van der Waals surface area contributed by atoms with Crippen molar-refractivity contribution in [2.75, 3.05) is 0 Å². The van der Waals surface area contributed by atoms with Crippen molar-refractivity contribution in [3.63, 3.8) is 0 Å². The Labute approximate surface area is 195 Å². The van der Waals surface area contributed by atoms with Crippen LogP contribution in [-0.4, -0.2) is 48.8 Å². The van der Waals surface area contributed by atoms with E-state index in [2.05, 4.69) is 21.5 Å². The molecule has 1 amide bonds. The summed E-state index contributed by atoms with van der Waals surface area (Å²) in [5.41, 5.74) is 4.98. The van der Waals surface area contributed by atoms with Gasteiger partial charge >= 0.3 is 11.9 Å². The molecule has 0 radical (unpaired) electrons. The van der Waals surface area contributed by atoms with Crippen molar-refractivity contribution in [2.45, 2.75) is 46.5 Å². The summed E-state index contributed by atoms with van der Waals surface area (Å²) in [4.78, 5) is 44.6. The van der Waals surface area contributed by atoms with E-state index >= 15 is 0 Å². The van der Waals surface area contributed by atoms with Crippen molar-refractivity contribution in [3.8, 4) is 5.88 Å². The molecule has 3 rings (SSSR count). The van der Waals surface area contributed by atoms with Crippen LogP contribution in [0.1, 0.15) is 47.7 Å². The molecule has 9 nitrogen and oxygen atoms in total. The van der Waals surface area contributed by atoms with Gasteiger partial charge in [0.15, 0.2) is 5.88 Å². The maximum absolute atomic E-state index is 12.1. The number of carboxylic acids is 2. The number of nitrogens with one attached hydrogen (secondary N) is 2. The summed E-state index contributed by atoms with van der Waals surface area (Å²) in [5.74, 6) is -2.30. The summed E-state index contributed by atoms with van der Waals surface area (Å²) >= 11 is 0. The predicted molar refractivity (Wildman–Crippen MR) is 127 cm³/mol. The largest absolute Gasteiger partial charge is 0.494 e. The fourth-order valence-electron chi connectivity index (χ4n) is 4.03. The van der Waals surface area contributed by atoms with E-state index < -0.39 is 11.9 Å². The van der Waals surface area contributed by atoms with Crippen molar-refractivity contribution in [2.24, 2.45) is 4.99 Å². The van der Waals surface area contributed by atoms with E-state index in [0.717, 1.165) is 11.1 Å². The van der Waals surface area contributed by atoms with Gasteiger partial charge in [-0.15, -0.1) is 0 Å². The average molecular weight is 466 g/mol. The molecular formula is C25H27N3O6. The fourth-order valence-corrected chi connectivity index (χ4v) is 4.03. The molecule has 3 heterocycles. The van der Waals surface area contributed by atoms with Crippen LogP contribution in [0.3, 0.4) is 0 Å². The lowest BCUT2D eigenvalue weighted by Gasteiger charge is -2.01. The minimum absolute atomic E-state index is 0.0506. The molecule has 0 bridgehead atoms. The number of carbonyl (C=O) groups is 3. The van der Waals surface area contributed by atoms with Crippen LogP contribution in [0.25, 0.3) is 12.2 Å². The third-order valence-corrected chi connectivity index (χ3v) is 6.03. The van der Waals surface area contributed by atoms with Crippen LogP contribution in [0, 0.1) is 13.8 Å². The molecule has 0 fully saturated rings. The van der Waals surface area contributed by atoms with Gasteiger partial charge in [0, 0.05) is 40.4 Å². The Bertz CT molecular complexity index is 1380. The van der Waals surface area contributed by atoms with E-state index in [1.54, 1.807) is 26.0 Å². The second kappa shape index (κ2) is 9.78. The Morgan fingerprint density at radius 1 is 0.941 bits per heavy atom. The quantitative estimate of drug-likeness (QED) is 0.380. The molecule has 2 aromatic rings. The van der Waals surface area contributed by atoms with Gasteiger partial charge in [0.25, 0.3) is 5.91 Å². The molecule has 0 saturated heterocycles. The molecule has 0 spiro atoms. The highest BCUT2D eigenvalue weighted by Crippen LogP contribution is 2.25.